The van der Waals surface area contributed by atoms with Gasteiger partial charge in [0.2, 0.25) is 5.91 Å². The molecule has 0 bridgehead atoms. The van der Waals surface area contributed by atoms with Gasteiger partial charge in [0.1, 0.15) is 0 Å². The smallest absolute Gasteiger partial charge is 0.255 e. The largest absolute Gasteiger partial charge is 0.322 e. The molecule has 2 N–H and O–H groups in total. The Bertz CT molecular complexity index is 967. The summed E-state index contributed by atoms with van der Waals surface area (Å²) in [5, 5.41) is 5.61. The molecule has 0 aliphatic rings. The summed E-state index contributed by atoms with van der Waals surface area (Å²) in [7, 11) is 0. The van der Waals surface area contributed by atoms with Crippen molar-refractivity contribution in [2.24, 2.45) is 0 Å². The van der Waals surface area contributed by atoms with Crippen LogP contribution in [-0.2, 0) is 4.79 Å². The highest BCUT2D eigenvalue weighted by Gasteiger charge is 2.06. The Morgan fingerprint density at radius 3 is 2.15 bits per heavy atom. The van der Waals surface area contributed by atoms with Gasteiger partial charge in [0.15, 0.2) is 0 Å². The lowest BCUT2D eigenvalue weighted by Gasteiger charge is -2.08. The SMILES string of the molecule is O=C(C=Cc1ccc(Br)cc1)Nc1cccc(NC(=O)c2ccccc2)c1. The van der Waals surface area contributed by atoms with Crippen molar-refractivity contribution in [3.8, 4) is 0 Å². The molecule has 2 amide bonds. The molecule has 0 aliphatic heterocycles. The van der Waals surface area contributed by atoms with Crippen molar-refractivity contribution >= 4 is 45.2 Å². The minimum atomic E-state index is -0.246. The van der Waals surface area contributed by atoms with E-state index in [1.165, 1.54) is 6.08 Å². The Labute approximate surface area is 166 Å². The quantitative estimate of drug-likeness (QED) is 0.546. The minimum Gasteiger partial charge on any atom is -0.322 e. The zero-order chi connectivity index (χ0) is 19.1. The molecule has 3 aromatic rings. The molecule has 0 aliphatic carbocycles. The van der Waals surface area contributed by atoms with Crippen LogP contribution in [0.1, 0.15) is 15.9 Å². The standard InChI is InChI=1S/C22H17BrN2O2/c23-18-12-9-16(10-13-18)11-14-21(26)24-19-7-4-8-20(15-19)25-22(27)17-5-2-1-3-6-17/h1-15H,(H,24,26)(H,25,27). The number of hydrogen-bond acceptors (Lipinski definition) is 2. The summed E-state index contributed by atoms with van der Waals surface area (Å²) in [4.78, 5) is 24.3. The molecule has 4 nitrogen and oxygen atoms in total. The van der Waals surface area contributed by atoms with Crippen LogP contribution in [0, 0.1) is 0 Å². The summed E-state index contributed by atoms with van der Waals surface area (Å²) in [5.41, 5.74) is 2.71. The number of nitrogens with one attached hydrogen (secondary N) is 2. The summed E-state index contributed by atoms with van der Waals surface area (Å²) in [6.45, 7) is 0. The Hall–Kier alpha value is -3.18. The van der Waals surface area contributed by atoms with E-state index in [0.29, 0.717) is 16.9 Å². The van der Waals surface area contributed by atoms with Crippen LogP contribution in [0.15, 0.2) is 89.4 Å². The molecule has 3 aromatic carbocycles. The monoisotopic (exact) mass is 420 g/mol. The molecule has 27 heavy (non-hydrogen) atoms. The van der Waals surface area contributed by atoms with Gasteiger partial charge in [0.05, 0.1) is 0 Å². The number of halogens is 1. The van der Waals surface area contributed by atoms with Gasteiger partial charge in [-0.1, -0.05) is 52.3 Å². The van der Waals surface area contributed by atoms with Gasteiger partial charge in [-0.15, -0.1) is 0 Å². The molecule has 0 radical (unpaired) electrons. The first-order valence-electron chi connectivity index (χ1n) is 8.31. The minimum absolute atomic E-state index is 0.200. The van der Waals surface area contributed by atoms with Crippen LogP contribution < -0.4 is 10.6 Å². The molecule has 5 heteroatoms. The number of carbonyl (C=O) groups excluding carboxylic acids is 2. The third kappa shape index (κ3) is 5.66. The van der Waals surface area contributed by atoms with Crippen LogP contribution in [0.5, 0.6) is 0 Å². The Kier molecular flexibility index (Phi) is 6.18. The second-order valence-electron chi connectivity index (χ2n) is 5.78. The second kappa shape index (κ2) is 8.96. The number of carbonyl (C=O) groups is 2. The first kappa shape index (κ1) is 18.6. The molecule has 0 aromatic heterocycles. The molecule has 0 spiro atoms. The molecule has 3 rings (SSSR count). The van der Waals surface area contributed by atoms with Crippen LogP contribution in [0.3, 0.4) is 0 Å². The lowest BCUT2D eigenvalue weighted by molar-refractivity contribution is -0.111. The van der Waals surface area contributed by atoms with Gasteiger partial charge in [-0.3, -0.25) is 9.59 Å². The van der Waals surface area contributed by atoms with Gasteiger partial charge in [-0.05, 0) is 54.1 Å². The first-order valence-corrected chi connectivity index (χ1v) is 9.10. The van der Waals surface area contributed by atoms with Crippen molar-refractivity contribution in [2.45, 2.75) is 0 Å². The van der Waals surface area contributed by atoms with Gasteiger partial charge in [0, 0.05) is 27.5 Å². The molecule has 0 fully saturated rings. The molecular formula is C22H17BrN2O2. The zero-order valence-electron chi connectivity index (χ0n) is 14.4. The normalized spacial score (nSPS) is 10.6. The lowest BCUT2D eigenvalue weighted by atomic mass is 10.2. The Morgan fingerprint density at radius 1 is 0.778 bits per heavy atom. The molecule has 0 atom stereocenters. The van der Waals surface area contributed by atoms with E-state index in [4.69, 9.17) is 0 Å². The molecule has 0 saturated carbocycles. The fraction of sp³-hybridized carbons (Fsp3) is 0. The van der Waals surface area contributed by atoms with Gasteiger partial charge < -0.3 is 10.6 Å². The van der Waals surface area contributed by atoms with E-state index >= 15 is 0 Å². The predicted molar refractivity (Wildman–Crippen MR) is 113 cm³/mol. The Morgan fingerprint density at radius 2 is 1.44 bits per heavy atom. The van der Waals surface area contributed by atoms with Crippen LogP contribution in [0.2, 0.25) is 0 Å². The third-order valence-electron chi connectivity index (χ3n) is 3.72. The average molecular weight is 421 g/mol. The highest BCUT2D eigenvalue weighted by molar-refractivity contribution is 9.10. The van der Waals surface area contributed by atoms with Crippen molar-refractivity contribution < 1.29 is 9.59 Å². The van der Waals surface area contributed by atoms with Crippen molar-refractivity contribution in [2.75, 3.05) is 10.6 Å². The molecule has 134 valence electrons. The number of hydrogen-bond donors (Lipinski definition) is 2. The first-order chi connectivity index (χ1) is 13.1. The van der Waals surface area contributed by atoms with Crippen LogP contribution in [0.25, 0.3) is 6.08 Å². The summed E-state index contributed by atoms with van der Waals surface area (Å²) >= 11 is 3.37. The van der Waals surface area contributed by atoms with Crippen LogP contribution >= 0.6 is 15.9 Å². The van der Waals surface area contributed by atoms with Crippen molar-refractivity contribution in [3.05, 3.63) is 101 Å². The highest BCUT2D eigenvalue weighted by atomic mass is 79.9. The highest BCUT2D eigenvalue weighted by Crippen LogP contribution is 2.17. The fourth-order valence-electron chi connectivity index (χ4n) is 2.40. The number of benzene rings is 3. The van der Waals surface area contributed by atoms with E-state index in [9.17, 15) is 9.59 Å². The predicted octanol–water partition coefficient (Wildman–Crippen LogP) is 5.35. The fourth-order valence-corrected chi connectivity index (χ4v) is 2.66. The van der Waals surface area contributed by atoms with Crippen LogP contribution in [-0.4, -0.2) is 11.8 Å². The van der Waals surface area contributed by atoms with E-state index in [0.717, 1.165) is 10.0 Å². The van der Waals surface area contributed by atoms with Crippen molar-refractivity contribution in [1.29, 1.82) is 0 Å². The maximum absolute atomic E-state index is 12.2. The number of amides is 2. The zero-order valence-corrected chi connectivity index (χ0v) is 15.9. The van der Waals surface area contributed by atoms with E-state index in [2.05, 4.69) is 26.6 Å². The summed E-state index contributed by atoms with van der Waals surface area (Å²) in [5.74, 6) is -0.446. The molecule has 0 heterocycles. The van der Waals surface area contributed by atoms with Gasteiger partial charge >= 0.3 is 0 Å². The second-order valence-corrected chi connectivity index (χ2v) is 6.69. The Balaban J connectivity index is 1.62. The summed E-state index contributed by atoms with van der Waals surface area (Å²) < 4.78 is 0.985. The third-order valence-corrected chi connectivity index (χ3v) is 4.25. The molecule has 0 unspecified atom stereocenters. The van der Waals surface area contributed by atoms with Gasteiger partial charge in [0.25, 0.3) is 5.91 Å². The van der Waals surface area contributed by atoms with E-state index in [-0.39, 0.29) is 11.8 Å². The topological polar surface area (TPSA) is 58.2 Å². The summed E-state index contributed by atoms with van der Waals surface area (Å²) in [6, 6.07) is 23.6. The number of anilines is 2. The van der Waals surface area contributed by atoms with E-state index in [1.807, 2.05) is 42.5 Å². The molecular weight excluding hydrogens is 404 g/mol. The number of rotatable bonds is 5. The van der Waals surface area contributed by atoms with Crippen LogP contribution in [0.4, 0.5) is 11.4 Å². The van der Waals surface area contributed by atoms with Gasteiger partial charge in [-0.2, -0.15) is 0 Å². The van der Waals surface area contributed by atoms with E-state index in [1.54, 1.807) is 42.5 Å². The lowest BCUT2D eigenvalue weighted by Crippen LogP contribution is -2.12. The maximum atomic E-state index is 12.2. The summed E-state index contributed by atoms with van der Waals surface area (Å²) in [6.07, 6.45) is 3.21. The van der Waals surface area contributed by atoms with E-state index < -0.39 is 0 Å². The molecule has 0 saturated heterocycles. The maximum Gasteiger partial charge on any atom is 0.255 e. The average Bonchev–Trinajstić information content (AvgIpc) is 2.68. The van der Waals surface area contributed by atoms with Crippen molar-refractivity contribution in [3.63, 3.8) is 0 Å². The van der Waals surface area contributed by atoms with Gasteiger partial charge in [-0.25, -0.2) is 0 Å². The van der Waals surface area contributed by atoms with Crippen molar-refractivity contribution in [1.82, 2.24) is 0 Å².